The highest BCUT2D eigenvalue weighted by Crippen LogP contribution is 2.29. The summed E-state index contributed by atoms with van der Waals surface area (Å²) in [5, 5.41) is 1.34. The summed E-state index contributed by atoms with van der Waals surface area (Å²) >= 11 is 3.63. The molecule has 0 saturated carbocycles. The minimum Gasteiger partial charge on any atom is -0.356 e. The standard InChI is InChI=1S/C22H25BrN2O/c1-24-11-5-8-20(24)12-18-14-25(22-10-9-19(23)13-21(18)22)16-26-15-17-6-3-2-4-7-17/h2-4,6-7,9-10,13-14,20H,5,8,11-12,15-16H2,1H3. The van der Waals surface area contributed by atoms with Crippen LogP contribution in [-0.4, -0.2) is 29.1 Å². The van der Waals surface area contributed by atoms with Gasteiger partial charge in [0.25, 0.3) is 0 Å². The van der Waals surface area contributed by atoms with Crippen LogP contribution in [0.2, 0.25) is 0 Å². The molecule has 136 valence electrons. The largest absolute Gasteiger partial charge is 0.356 e. The molecule has 0 N–H and O–H groups in total. The number of benzene rings is 2. The molecular weight excluding hydrogens is 388 g/mol. The Balaban J connectivity index is 1.54. The summed E-state index contributed by atoms with van der Waals surface area (Å²) in [4.78, 5) is 2.49. The number of ether oxygens (including phenoxy) is 1. The van der Waals surface area contributed by atoms with Gasteiger partial charge in [-0.1, -0.05) is 46.3 Å². The Morgan fingerprint density at radius 1 is 1.15 bits per heavy atom. The van der Waals surface area contributed by atoms with Gasteiger partial charge < -0.3 is 14.2 Å². The zero-order valence-electron chi connectivity index (χ0n) is 15.2. The third kappa shape index (κ3) is 3.88. The molecule has 4 heteroatoms. The second kappa shape index (κ2) is 7.95. The molecule has 0 spiro atoms. The van der Waals surface area contributed by atoms with E-state index in [1.54, 1.807) is 0 Å². The second-order valence-electron chi connectivity index (χ2n) is 7.23. The van der Waals surface area contributed by atoms with Crippen LogP contribution >= 0.6 is 15.9 Å². The summed E-state index contributed by atoms with van der Waals surface area (Å²) in [5.74, 6) is 0. The van der Waals surface area contributed by atoms with E-state index in [1.165, 1.54) is 41.4 Å². The van der Waals surface area contributed by atoms with E-state index >= 15 is 0 Å². The molecule has 1 aliphatic heterocycles. The molecule has 2 aromatic carbocycles. The lowest BCUT2D eigenvalue weighted by Gasteiger charge is -2.18. The van der Waals surface area contributed by atoms with Gasteiger partial charge >= 0.3 is 0 Å². The number of aromatic nitrogens is 1. The SMILES string of the molecule is CN1CCCC1Cc1cn(COCc2ccccc2)c2ccc(Br)cc12. The quantitative estimate of drug-likeness (QED) is 0.552. The Morgan fingerprint density at radius 3 is 2.77 bits per heavy atom. The van der Waals surface area contributed by atoms with Crippen molar-refractivity contribution >= 4 is 26.8 Å². The van der Waals surface area contributed by atoms with Gasteiger partial charge in [0.1, 0.15) is 6.73 Å². The van der Waals surface area contributed by atoms with Crippen LogP contribution < -0.4 is 0 Å². The Kier molecular flexibility index (Phi) is 5.44. The molecule has 0 amide bonds. The second-order valence-corrected chi connectivity index (χ2v) is 8.15. The first-order valence-electron chi connectivity index (χ1n) is 9.30. The predicted octanol–water partition coefficient (Wildman–Crippen LogP) is 5.21. The van der Waals surface area contributed by atoms with E-state index in [9.17, 15) is 0 Å². The number of rotatable bonds is 6. The van der Waals surface area contributed by atoms with Gasteiger partial charge in [0.2, 0.25) is 0 Å². The van der Waals surface area contributed by atoms with E-state index in [1.807, 2.05) is 6.07 Å². The minimum absolute atomic E-state index is 0.577. The molecule has 0 radical (unpaired) electrons. The number of hydrogen-bond donors (Lipinski definition) is 0. The smallest absolute Gasteiger partial charge is 0.123 e. The lowest BCUT2D eigenvalue weighted by atomic mass is 10.0. The maximum Gasteiger partial charge on any atom is 0.123 e. The molecule has 3 nitrogen and oxygen atoms in total. The summed E-state index contributed by atoms with van der Waals surface area (Å²) < 4.78 is 9.37. The van der Waals surface area contributed by atoms with Gasteiger partial charge in [0, 0.05) is 22.1 Å². The molecule has 0 bridgehead atoms. The molecule has 2 heterocycles. The van der Waals surface area contributed by atoms with Crippen LogP contribution in [0.4, 0.5) is 0 Å². The fourth-order valence-corrected chi connectivity index (χ4v) is 4.30. The molecular formula is C22H25BrN2O. The first-order chi connectivity index (χ1) is 12.7. The third-order valence-electron chi connectivity index (χ3n) is 5.39. The number of hydrogen-bond acceptors (Lipinski definition) is 2. The van der Waals surface area contributed by atoms with Crippen molar-refractivity contribution in [1.82, 2.24) is 9.47 Å². The van der Waals surface area contributed by atoms with Gasteiger partial charge in [-0.25, -0.2) is 0 Å². The number of likely N-dealkylation sites (tertiary alicyclic amines) is 1. The fourth-order valence-electron chi connectivity index (χ4n) is 3.94. The molecule has 1 aromatic heterocycles. The van der Waals surface area contributed by atoms with E-state index in [0.29, 0.717) is 19.4 Å². The van der Waals surface area contributed by atoms with Crippen molar-refractivity contribution < 1.29 is 4.74 Å². The summed E-state index contributed by atoms with van der Waals surface area (Å²) in [6.07, 6.45) is 5.99. The molecule has 1 aliphatic rings. The molecule has 1 saturated heterocycles. The molecule has 1 unspecified atom stereocenters. The monoisotopic (exact) mass is 412 g/mol. The van der Waals surface area contributed by atoms with E-state index < -0.39 is 0 Å². The first-order valence-corrected chi connectivity index (χ1v) is 10.1. The predicted molar refractivity (Wildman–Crippen MR) is 110 cm³/mol. The lowest BCUT2D eigenvalue weighted by molar-refractivity contribution is 0.0667. The summed E-state index contributed by atoms with van der Waals surface area (Å²) in [6.45, 7) is 2.43. The topological polar surface area (TPSA) is 17.4 Å². The van der Waals surface area contributed by atoms with Gasteiger partial charge in [-0.05, 0) is 62.2 Å². The van der Waals surface area contributed by atoms with E-state index in [-0.39, 0.29) is 0 Å². The molecule has 1 fully saturated rings. The number of nitrogens with zero attached hydrogens (tertiary/aromatic N) is 2. The van der Waals surface area contributed by atoms with Crippen molar-refractivity contribution in [2.24, 2.45) is 0 Å². The highest BCUT2D eigenvalue weighted by atomic mass is 79.9. The van der Waals surface area contributed by atoms with Crippen molar-refractivity contribution in [3.05, 3.63) is 70.3 Å². The highest BCUT2D eigenvalue weighted by Gasteiger charge is 2.22. The van der Waals surface area contributed by atoms with Crippen molar-refractivity contribution in [2.75, 3.05) is 13.6 Å². The van der Waals surface area contributed by atoms with Gasteiger partial charge in [0.15, 0.2) is 0 Å². The van der Waals surface area contributed by atoms with E-state index in [0.717, 1.165) is 10.9 Å². The van der Waals surface area contributed by atoms with Gasteiger partial charge in [-0.3, -0.25) is 0 Å². The summed E-state index contributed by atoms with van der Waals surface area (Å²) in [5.41, 5.74) is 3.87. The van der Waals surface area contributed by atoms with Gasteiger partial charge in [-0.15, -0.1) is 0 Å². The summed E-state index contributed by atoms with van der Waals surface area (Å²) in [7, 11) is 2.25. The van der Waals surface area contributed by atoms with Crippen LogP contribution in [0.5, 0.6) is 0 Å². The van der Waals surface area contributed by atoms with Crippen LogP contribution in [0.15, 0.2) is 59.2 Å². The third-order valence-corrected chi connectivity index (χ3v) is 5.89. The normalized spacial score (nSPS) is 18.0. The molecule has 1 atom stereocenters. The Labute approximate surface area is 163 Å². The molecule has 26 heavy (non-hydrogen) atoms. The number of likely N-dealkylation sites (N-methyl/N-ethyl adjacent to an activating group) is 1. The number of halogens is 1. The van der Waals surface area contributed by atoms with Crippen molar-refractivity contribution in [1.29, 1.82) is 0 Å². The average molecular weight is 413 g/mol. The summed E-state index contributed by atoms with van der Waals surface area (Å²) in [6, 6.07) is 17.5. The molecule has 0 aliphatic carbocycles. The van der Waals surface area contributed by atoms with Crippen LogP contribution in [0, 0.1) is 0 Å². The zero-order chi connectivity index (χ0) is 17.9. The Morgan fingerprint density at radius 2 is 2.00 bits per heavy atom. The van der Waals surface area contributed by atoms with Crippen molar-refractivity contribution in [3.63, 3.8) is 0 Å². The van der Waals surface area contributed by atoms with Gasteiger partial charge in [-0.2, -0.15) is 0 Å². The van der Waals surface area contributed by atoms with Crippen LogP contribution in [0.1, 0.15) is 24.0 Å². The fraction of sp³-hybridized carbons (Fsp3) is 0.364. The van der Waals surface area contributed by atoms with E-state index in [2.05, 4.69) is 81.1 Å². The Bertz CT molecular complexity index is 874. The van der Waals surface area contributed by atoms with Gasteiger partial charge in [0.05, 0.1) is 12.1 Å². The van der Waals surface area contributed by atoms with Crippen molar-refractivity contribution in [3.8, 4) is 0 Å². The Hall–Kier alpha value is -1.62. The van der Waals surface area contributed by atoms with Crippen molar-refractivity contribution in [2.45, 2.75) is 38.6 Å². The number of fused-ring (bicyclic) bond motifs is 1. The first kappa shape index (κ1) is 17.8. The van der Waals surface area contributed by atoms with Crippen LogP contribution in [0.25, 0.3) is 10.9 Å². The van der Waals surface area contributed by atoms with E-state index in [4.69, 9.17) is 4.74 Å². The molecule has 4 rings (SSSR count). The zero-order valence-corrected chi connectivity index (χ0v) is 16.8. The minimum atomic E-state index is 0.577. The lowest BCUT2D eigenvalue weighted by Crippen LogP contribution is -2.26. The van der Waals surface area contributed by atoms with Crippen LogP contribution in [0.3, 0.4) is 0 Å². The maximum absolute atomic E-state index is 5.99. The molecule has 3 aromatic rings. The van der Waals surface area contributed by atoms with Crippen LogP contribution in [-0.2, 0) is 24.5 Å². The maximum atomic E-state index is 5.99. The average Bonchev–Trinajstić information content (AvgIpc) is 3.20. The highest BCUT2D eigenvalue weighted by molar-refractivity contribution is 9.10.